The molecule has 0 saturated carbocycles. The Bertz CT molecular complexity index is 581. The van der Waals surface area contributed by atoms with E-state index in [9.17, 15) is 0 Å². The van der Waals surface area contributed by atoms with Crippen LogP contribution in [0.3, 0.4) is 0 Å². The molecule has 0 aliphatic heterocycles. The number of benzene rings is 1. The van der Waals surface area contributed by atoms with Crippen molar-refractivity contribution in [2.45, 2.75) is 20.3 Å². The number of hydrogen-bond donors (Lipinski definition) is 0. The third-order valence-electron chi connectivity index (χ3n) is 2.86. The Labute approximate surface area is 111 Å². The van der Waals surface area contributed by atoms with Gasteiger partial charge in [-0.25, -0.2) is 4.98 Å². The first-order chi connectivity index (χ1) is 8.10. The van der Waals surface area contributed by atoms with Gasteiger partial charge >= 0.3 is 0 Å². The predicted molar refractivity (Wildman–Crippen MR) is 72.4 cm³/mol. The van der Waals surface area contributed by atoms with Gasteiger partial charge in [0, 0.05) is 11.1 Å². The van der Waals surface area contributed by atoms with E-state index in [0.717, 1.165) is 28.6 Å². The van der Waals surface area contributed by atoms with Crippen LogP contribution in [-0.2, 0) is 6.42 Å². The summed E-state index contributed by atoms with van der Waals surface area (Å²) >= 11 is 12.6. The van der Waals surface area contributed by atoms with Crippen LogP contribution in [0.15, 0.2) is 12.1 Å². The van der Waals surface area contributed by atoms with Gasteiger partial charge in [0.2, 0.25) is 0 Å². The van der Waals surface area contributed by atoms with Gasteiger partial charge in [0.05, 0.1) is 17.2 Å². The number of halogens is 2. The maximum atomic E-state index is 6.40. The fourth-order valence-corrected chi connectivity index (χ4v) is 2.74. The summed E-state index contributed by atoms with van der Waals surface area (Å²) in [6.45, 7) is 4.00. The molecular weight excluding hydrogens is 257 g/mol. The van der Waals surface area contributed by atoms with E-state index < -0.39 is 0 Å². The molecule has 0 aliphatic carbocycles. The van der Waals surface area contributed by atoms with Gasteiger partial charge in [-0.05, 0) is 31.0 Å². The van der Waals surface area contributed by atoms with Crippen molar-refractivity contribution in [1.29, 1.82) is 0 Å². The SMILES string of the molecule is CCc1c(C)nc2c(OC)ccc(Cl)c2c1Cl. The highest BCUT2D eigenvalue weighted by Gasteiger charge is 2.15. The quantitative estimate of drug-likeness (QED) is 0.805. The number of fused-ring (bicyclic) bond motifs is 1. The van der Waals surface area contributed by atoms with Crippen molar-refractivity contribution in [2.24, 2.45) is 0 Å². The van der Waals surface area contributed by atoms with Crippen molar-refractivity contribution in [2.75, 3.05) is 7.11 Å². The lowest BCUT2D eigenvalue weighted by atomic mass is 10.1. The number of rotatable bonds is 2. The second-order valence-corrected chi connectivity index (χ2v) is 4.60. The largest absolute Gasteiger partial charge is 0.494 e. The van der Waals surface area contributed by atoms with Crippen molar-refractivity contribution in [3.05, 3.63) is 33.4 Å². The Morgan fingerprint density at radius 2 is 2.00 bits per heavy atom. The van der Waals surface area contributed by atoms with Gasteiger partial charge in [0.25, 0.3) is 0 Å². The lowest BCUT2D eigenvalue weighted by Gasteiger charge is -2.12. The maximum absolute atomic E-state index is 6.40. The Balaban J connectivity index is 2.94. The topological polar surface area (TPSA) is 22.1 Å². The summed E-state index contributed by atoms with van der Waals surface area (Å²) < 4.78 is 5.29. The van der Waals surface area contributed by atoms with Gasteiger partial charge in [-0.15, -0.1) is 0 Å². The van der Waals surface area contributed by atoms with Crippen LogP contribution < -0.4 is 4.74 Å². The van der Waals surface area contributed by atoms with Crippen molar-refractivity contribution in [1.82, 2.24) is 4.98 Å². The number of aryl methyl sites for hydroxylation is 1. The molecular formula is C13H13Cl2NO. The molecule has 17 heavy (non-hydrogen) atoms. The molecule has 0 spiro atoms. The van der Waals surface area contributed by atoms with Crippen molar-refractivity contribution >= 4 is 34.1 Å². The van der Waals surface area contributed by atoms with Crippen molar-refractivity contribution in [3.8, 4) is 5.75 Å². The smallest absolute Gasteiger partial charge is 0.145 e. The second kappa shape index (κ2) is 4.71. The number of pyridine rings is 1. The van der Waals surface area contributed by atoms with Crippen LogP contribution in [0.4, 0.5) is 0 Å². The first kappa shape index (κ1) is 12.5. The zero-order valence-corrected chi connectivity index (χ0v) is 11.5. The van der Waals surface area contributed by atoms with Crippen LogP contribution in [0.25, 0.3) is 10.9 Å². The van der Waals surface area contributed by atoms with Crippen LogP contribution in [-0.4, -0.2) is 12.1 Å². The third-order valence-corrected chi connectivity index (χ3v) is 3.60. The summed E-state index contributed by atoms with van der Waals surface area (Å²) in [6.07, 6.45) is 0.834. The molecule has 90 valence electrons. The van der Waals surface area contributed by atoms with Crippen molar-refractivity contribution < 1.29 is 4.74 Å². The zero-order valence-electron chi connectivity index (χ0n) is 9.97. The summed E-state index contributed by atoms with van der Waals surface area (Å²) in [5, 5.41) is 2.06. The molecule has 0 amide bonds. The molecule has 0 fully saturated rings. The highest BCUT2D eigenvalue weighted by atomic mass is 35.5. The number of methoxy groups -OCH3 is 1. The Morgan fingerprint density at radius 3 is 2.59 bits per heavy atom. The molecule has 2 aromatic rings. The molecule has 2 nitrogen and oxygen atoms in total. The normalized spacial score (nSPS) is 10.9. The highest BCUT2D eigenvalue weighted by molar-refractivity contribution is 6.42. The molecule has 0 bridgehead atoms. The van der Waals surface area contributed by atoms with E-state index in [1.165, 1.54) is 0 Å². The number of ether oxygens (including phenoxy) is 1. The molecule has 0 N–H and O–H groups in total. The van der Waals surface area contributed by atoms with E-state index >= 15 is 0 Å². The van der Waals surface area contributed by atoms with Gasteiger partial charge < -0.3 is 4.74 Å². The molecule has 1 aromatic heterocycles. The second-order valence-electron chi connectivity index (χ2n) is 3.82. The average molecular weight is 270 g/mol. The van der Waals surface area contributed by atoms with Gasteiger partial charge in [-0.1, -0.05) is 30.1 Å². The molecule has 1 aromatic carbocycles. The monoisotopic (exact) mass is 269 g/mol. The van der Waals surface area contributed by atoms with E-state index in [1.807, 2.05) is 6.92 Å². The minimum absolute atomic E-state index is 0.605. The Morgan fingerprint density at radius 1 is 1.29 bits per heavy atom. The molecule has 0 saturated heterocycles. The van der Waals surface area contributed by atoms with Gasteiger partial charge in [0.15, 0.2) is 0 Å². The molecule has 4 heteroatoms. The standard InChI is InChI=1S/C13H13Cl2NO/c1-4-8-7(2)16-13-10(17-3)6-5-9(14)11(13)12(8)15/h5-6H,4H2,1-3H3. The summed E-state index contributed by atoms with van der Waals surface area (Å²) in [6, 6.07) is 3.59. The van der Waals surface area contributed by atoms with E-state index in [-0.39, 0.29) is 0 Å². The van der Waals surface area contributed by atoms with Gasteiger partial charge in [-0.3, -0.25) is 0 Å². The lowest BCUT2D eigenvalue weighted by molar-refractivity contribution is 0.419. The molecule has 0 unspecified atom stereocenters. The van der Waals surface area contributed by atoms with Crippen LogP contribution in [0.2, 0.25) is 10.0 Å². The minimum atomic E-state index is 0.605. The Hall–Kier alpha value is -0.990. The van der Waals surface area contributed by atoms with Gasteiger partial charge in [0.1, 0.15) is 11.3 Å². The fraction of sp³-hybridized carbons (Fsp3) is 0.308. The van der Waals surface area contributed by atoms with E-state index in [1.54, 1.807) is 19.2 Å². The molecule has 0 aliphatic rings. The predicted octanol–water partition coefficient (Wildman–Crippen LogP) is 4.42. The lowest BCUT2D eigenvalue weighted by Crippen LogP contribution is -1.97. The fourth-order valence-electron chi connectivity index (χ4n) is 1.99. The van der Waals surface area contributed by atoms with E-state index in [4.69, 9.17) is 27.9 Å². The molecule has 0 atom stereocenters. The van der Waals surface area contributed by atoms with E-state index in [2.05, 4.69) is 11.9 Å². The van der Waals surface area contributed by atoms with Crippen molar-refractivity contribution in [3.63, 3.8) is 0 Å². The molecule has 2 rings (SSSR count). The maximum Gasteiger partial charge on any atom is 0.145 e. The van der Waals surface area contributed by atoms with Crippen LogP contribution in [0.1, 0.15) is 18.2 Å². The first-order valence-corrected chi connectivity index (χ1v) is 6.16. The molecule has 0 radical (unpaired) electrons. The van der Waals surface area contributed by atoms with Crippen LogP contribution >= 0.6 is 23.2 Å². The third kappa shape index (κ3) is 1.96. The number of hydrogen-bond acceptors (Lipinski definition) is 2. The molecule has 1 heterocycles. The summed E-state index contributed by atoms with van der Waals surface area (Å²) in [7, 11) is 1.61. The minimum Gasteiger partial charge on any atom is -0.494 e. The number of aromatic nitrogens is 1. The summed E-state index contributed by atoms with van der Waals surface area (Å²) in [4.78, 5) is 4.54. The summed E-state index contributed by atoms with van der Waals surface area (Å²) in [5.41, 5.74) is 2.68. The number of nitrogens with zero attached hydrogens (tertiary/aromatic N) is 1. The summed E-state index contributed by atoms with van der Waals surface area (Å²) in [5.74, 6) is 0.692. The van der Waals surface area contributed by atoms with Crippen LogP contribution in [0.5, 0.6) is 5.75 Å². The van der Waals surface area contributed by atoms with Crippen LogP contribution in [0, 0.1) is 6.92 Å². The Kier molecular flexibility index (Phi) is 3.45. The van der Waals surface area contributed by atoms with E-state index in [0.29, 0.717) is 15.8 Å². The average Bonchev–Trinajstić information content (AvgIpc) is 2.29. The van der Waals surface area contributed by atoms with Gasteiger partial charge in [-0.2, -0.15) is 0 Å². The first-order valence-electron chi connectivity index (χ1n) is 5.41. The highest BCUT2D eigenvalue weighted by Crippen LogP contribution is 2.37. The zero-order chi connectivity index (χ0) is 12.6.